The quantitative estimate of drug-likeness (QED) is 0.272. The van der Waals surface area contributed by atoms with Crippen LogP contribution in [0.1, 0.15) is 30.0 Å². The topological polar surface area (TPSA) is 9.23 Å². The molecule has 0 atom stereocenters. The molecule has 0 aliphatic heterocycles. The number of hydrogen-bond donors (Lipinski definition) is 0. The molecule has 0 amide bonds. The summed E-state index contributed by atoms with van der Waals surface area (Å²) in [6.45, 7) is 1.67. The van der Waals surface area contributed by atoms with Gasteiger partial charge in [-0.2, -0.15) is 26.3 Å². The second-order valence-electron chi connectivity index (χ2n) is 7.73. The first-order valence-electron chi connectivity index (χ1n) is 10.4. The summed E-state index contributed by atoms with van der Waals surface area (Å²) in [6.07, 6.45) is -9.60. The Bertz CT molecular complexity index is 1340. The van der Waals surface area contributed by atoms with Crippen molar-refractivity contribution < 1.29 is 53.0 Å². The van der Waals surface area contributed by atoms with E-state index in [-0.39, 0.29) is 17.5 Å². The lowest BCUT2D eigenvalue weighted by molar-refractivity contribution is -0.187. The monoisotopic (exact) mass is 540 g/mol. The highest BCUT2D eigenvalue weighted by Crippen LogP contribution is 2.38. The van der Waals surface area contributed by atoms with Gasteiger partial charge in [0.1, 0.15) is 22.9 Å². The fourth-order valence-electron chi connectivity index (χ4n) is 3.38. The summed E-state index contributed by atoms with van der Waals surface area (Å²) < 4.78 is 154. The molecular weight excluding hydrogens is 525 g/mol. The minimum atomic E-state index is -5.70. The van der Waals surface area contributed by atoms with Crippen LogP contribution in [-0.2, 0) is 12.5 Å². The van der Waals surface area contributed by atoms with E-state index in [2.05, 4.69) is 4.74 Å². The van der Waals surface area contributed by atoms with Gasteiger partial charge in [0, 0.05) is 17.2 Å². The number of halogens is 11. The maximum Gasteiger partial charge on any atom is 0.445 e. The summed E-state index contributed by atoms with van der Waals surface area (Å²) in [5.74, 6) is -12.8. The molecule has 0 aromatic heterocycles. The van der Waals surface area contributed by atoms with Gasteiger partial charge in [-0.15, -0.1) is 0 Å². The van der Waals surface area contributed by atoms with Crippen molar-refractivity contribution in [2.75, 3.05) is 0 Å². The average Bonchev–Trinajstić information content (AvgIpc) is 2.80. The van der Waals surface area contributed by atoms with E-state index in [1.807, 2.05) is 0 Å². The van der Waals surface area contributed by atoms with Crippen LogP contribution in [0, 0.1) is 23.3 Å². The van der Waals surface area contributed by atoms with Crippen molar-refractivity contribution in [1.29, 1.82) is 0 Å². The number of rotatable bonds is 7. The largest absolute Gasteiger partial charge is 0.445 e. The highest BCUT2D eigenvalue weighted by Gasteiger charge is 2.40. The molecule has 0 fully saturated rings. The molecule has 0 saturated carbocycles. The lowest BCUT2D eigenvalue weighted by atomic mass is 10.0. The molecule has 3 aromatic rings. The minimum Gasteiger partial charge on any atom is -0.429 e. The van der Waals surface area contributed by atoms with Gasteiger partial charge < -0.3 is 4.74 Å². The van der Waals surface area contributed by atoms with Crippen LogP contribution in [0.2, 0.25) is 0 Å². The van der Waals surface area contributed by atoms with Gasteiger partial charge in [-0.05, 0) is 47.9 Å². The number of aryl methyl sites for hydroxylation is 1. The average molecular weight is 540 g/mol. The molecule has 3 rings (SSSR count). The summed E-state index contributed by atoms with van der Waals surface area (Å²) in [6, 6.07) is 5.22. The van der Waals surface area contributed by atoms with E-state index in [9.17, 15) is 48.3 Å². The molecule has 1 nitrogen and oxygen atoms in total. The Morgan fingerprint density at radius 3 is 2.03 bits per heavy atom. The van der Waals surface area contributed by atoms with E-state index in [4.69, 9.17) is 0 Å². The lowest BCUT2D eigenvalue weighted by Crippen LogP contribution is -2.24. The predicted molar refractivity (Wildman–Crippen MR) is 112 cm³/mol. The molecule has 0 N–H and O–H groups in total. The molecular formula is C25H15F11O. The highest BCUT2D eigenvalue weighted by atomic mass is 19.4. The number of allylic oxidation sites excluding steroid dienone is 1. The van der Waals surface area contributed by atoms with E-state index in [0.717, 1.165) is 24.3 Å². The predicted octanol–water partition coefficient (Wildman–Crippen LogP) is 9.16. The Morgan fingerprint density at radius 1 is 0.784 bits per heavy atom. The summed E-state index contributed by atoms with van der Waals surface area (Å²) in [7, 11) is 0. The molecule has 37 heavy (non-hydrogen) atoms. The first kappa shape index (κ1) is 28.0. The van der Waals surface area contributed by atoms with Crippen LogP contribution in [0.5, 0.6) is 5.75 Å². The third-order valence-electron chi connectivity index (χ3n) is 5.14. The minimum absolute atomic E-state index is 0.101. The van der Waals surface area contributed by atoms with Gasteiger partial charge in [-0.25, -0.2) is 22.0 Å². The van der Waals surface area contributed by atoms with E-state index in [0.29, 0.717) is 30.7 Å². The van der Waals surface area contributed by atoms with E-state index >= 15 is 0 Å². The molecule has 0 unspecified atom stereocenters. The Hall–Kier alpha value is -3.57. The molecule has 0 saturated heterocycles. The van der Waals surface area contributed by atoms with Gasteiger partial charge in [0.15, 0.2) is 17.5 Å². The third-order valence-corrected chi connectivity index (χ3v) is 5.14. The second-order valence-corrected chi connectivity index (χ2v) is 7.73. The van der Waals surface area contributed by atoms with E-state index < -0.39 is 69.6 Å². The SMILES string of the molecule is CCCc1ccc(C(F)(F)Oc2ccc(-c3ccc(/C(F)=C(\F)C(F)(F)F)c(F)c3)c(F)c2)c(F)c1F. The molecule has 198 valence electrons. The third kappa shape index (κ3) is 5.89. The van der Waals surface area contributed by atoms with Gasteiger partial charge in [-0.3, -0.25) is 0 Å². The van der Waals surface area contributed by atoms with Crippen molar-refractivity contribution in [3.05, 3.63) is 94.3 Å². The van der Waals surface area contributed by atoms with Crippen LogP contribution in [0.3, 0.4) is 0 Å². The Kier molecular flexibility index (Phi) is 7.89. The maximum absolute atomic E-state index is 14.6. The van der Waals surface area contributed by atoms with Crippen LogP contribution in [0.25, 0.3) is 17.0 Å². The first-order chi connectivity index (χ1) is 17.2. The first-order valence-corrected chi connectivity index (χ1v) is 10.4. The molecule has 0 aliphatic carbocycles. The normalized spacial score (nSPS) is 13.0. The van der Waals surface area contributed by atoms with Crippen LogP contribution >= 0.6 is 0 Å². The van der Waals surface area contributed by atoms with Crippen molar-refractivity contribution in [3.8, 4) is 16.9 Å². The zero-order valence-corrected chi connectivity index (χ0v) is 18.6. The molecule has 0 aliphatic rings. The summed E-state index contributed by atoms with van der Waals surface area (Å²) in [5, 5.41) is 0. The number of benzene rings is 3. The summed E-state index contributed by atoms with van der Waals surface area (Å²) in [5.41, 5.74) is -3.77. The summed E-state index contributed by atoms with van der Waals surface area (Å²) >= 11 is 0. The van der Waals surface area contributed by atoms with Crippen molar-refractivity contribution in [1.82, 2.24) is 0 Å². The molecule has 0 bridgehead atoms. The highest BCUT2D eigenvalue weighted by molar-refractivity contribution is 5.70. The fraction of sp³-hybridized carbons (Fsp3) is 0.200. The van der Waals surface area contributed by atoms with Crippen molar-refractivity contribution >= 4 is 5.83 Å². The molecule has 3 aromatic carbocycles. The maximum atomic E-state index is 14.6. The van der Waals surface area contributed by atoms with Crippen molar-refractivity contribution in [2.24, 2.45) is 0 Å². The van der Waals surface area contributed by atoms with Gasteiger partial charge >= 0.3 is 12.3 Å². The molecule has 0 radical (unpaired) electrons. The van der Waals surface area contributed by atoms with E-state index in [1.54, 1.807) is 6.92 Å². The number of hydrogen-bond acceptors (Lipinski definition) is 1. The zero-order chi connectivity index (χ0) is 27.7. The molecule has 0 heterocycles. The molecule has 0 spiro atoms. The Morgan fingerprint density at radius 2 is 1.46 bits per heavy atom. The van der Waals surface area contributed by atoms with E-state index in [1.165, 1.54) is 0 Å². The lowest BCUT2D eigenvalue weighted by Gasteiger charge is -2.20. The van der Waals surface area contributed by atoms with Gasteiger partial charge in [-0.1, -0.05) is 25.5 Å². The smallest absolute Gasteiger partial charge is 0.429 e. The van der Waals surface area contributed by atoms with Gasteiger partial charge in [0.25, 0.3) is 0 Å². The number of alkyl halides is 5. The van der Waals surface area contributed by atoms with Gasteiger partial charge in [0.05, 0.1) is 0 Å². The second kappa shape index (κ2) is 10.4. The van der Waals surface area contributed by atoms with Crippen LogP contribution in [0.4, 0.5) is 48.3 Å². The fourth-order valence-corrected chi connectivity index (χ4v) is 3.38. The van der Waals surface area contributed by atoms with Gasteiger partial charge in [0.2, 0.25) is 5.83 Å². The standard InChI is InChI=1S/C25H15F11O/c1-2-3-12-5-9-17(22(30)20(12)28)25(35,36)37-14-6-8-15(19(27)11-14)13-4-7-16(18(26)10-13)21(29)23(31)24(32,33)34/h4-11H,2-3H2,1H3/b23-21+. The van der Waals surface area contributed by atoms with Crippen LogP contribution in [-0.4, -0.2) is 6.18 Å². The van der Waals surface area contributed by atoms with Crippen molar-refractivity contribution in [2.45, 2.75) is 32.1 Å². The van der Waals surface area contributed by atoms with Crippen LogP contribution < -0.4 is 4.74 Å². The zero-order valence-electron chi connectivity index (χ0n) is 18.6. The van der Waals surface area contributed by atoms with Crippen molar-refractivity contribution in [3.63, 3.8) is 0 Å². The number of ether oxygens (including phenoxy) is 1. The Balaban J connectivity index is 1.90. The Labute approximate surface area is 202 Å². The van der Waals surface area contributed by atoms with Crippen LogP contribution in [0.15, 0.2) is 54.4 Å². The molecule has 12 heteroatoms. The summed E-state index contributed by atoms with van der Waals surface area (Å²) in [4.78, 5) is 0.